The topological polar surface area (TPSA) is 38.7 Å². The second kappa shape index (κ2) is 4.39. The first-order chi connectivity index (χ1) is 9.35. The third-order valence-electron chi connectivity index (χ3n) is 5.56. The maximum absolute atomic E-state index is 10.7. The Hall–Kier alpha value is -1.22. The van der Waals surface area contributed by atoms with Crippen LogP contribution >= 0.6 is 0 Å². The summed E-state index contributed by atoms with van der Waals surface area (Å²) in [6.45, 7) is 10.3. The lowest BCUT2D eigenvalue weighted by atomic mass is 9.99. The minimum atomic E-state index is -0.447. The van der Waals surface area contributed by atoms with Gasteiger partial charge in [0.05, 0.1) is 19.3 Å². The molecule has 3 nitrogen and oxygen atoms in total. The van der Waals surface area contributed by atoms with Gasteiger partial charge in [-0.3, -0.25) is 0 Å². The SMILES string of the molecule is CC1(C)C(C(O)c2ccc3c(c2)OCCCO3)C1(C)C. The predicted molar refractivity (Wildman–Crippen MR) is 78.1 cm³/mol. The molecule has 3 heteroatoms. The van der Waals surface area contributed by atoms with E-state index in [1.807, 2.05) is 18.2 Å². The monoisotopic (exact) mass is 276 g/mol. The van der Waals surface area contributed by atoms with Crippen molar-refractivity contribution >= 4 is 0 Å². The molecule has 0 saturated heterocycles. The number of hydrogen-bond donors (Lipinski definition) is 1. The zero-order valence-electron chi connectivity index (χ0n) is 12.8. The third kappa shape index (κ3) is 1.91. The lowest BCUT2D eigenvalue weighted by molar-refractivity contribution is 0.130. The predicted octanol–water partition coefficient (Wildman–Crippen LogP) is 3.56. The molecule has 1 heterocycles. The van der Waals surface area contributed by atoms with Gasteiger partial charge in [-0.15, -0.1) is 0 Å². The summed E-state index contributed by atoms with van der Waals surface area (Å²) in [7, 11) is 0. The van der Waals surface area contributed by atoms with Gasteiger partial charge in [-0.1, -0.05) is 33.8 Å². The van der Waals surface area contributed by atoms with Crippen molar-refractivity contribution in [1.82, 2.24) is 0 Å². The van der Waals surface area contributed by atoms with Crippen molar-refractivity contribution < 1.29 is 14.6 Å². The van der Waals surface area contributed by atoms with Crippen LogP contribution in [0.3, 0.4) is 0 Å². The highest BCUT2D eigenvalue weighted by atomic mass is 16.5. The van der Waals surface area contributed by atoms with Crippen molar-refractivity contribution in [3.63, 3.8) is 0 Å². The Morgan fingerprint density at radius 3 is 2.25 bits per heavy atom. The summed E-state index contributed by atoms with van der Waals surface area (Å²) < 4.78 is 11.3. The molecule has 0 amide bonds. The van der Waals surface area contributed by atoms with Crippen LogP contribution in [0.1, 0.15) is 45.8 Å². The molecule has 20 heavy (non-hydrogen) atoms. The van der Waals surface area contributed by atoms with Crippen molar-refractivity contribution in [2.45, 2.75) is 40.2 Å². The number of aliphatic hydroxyl groups is 1. The van der Waals surface area contributed by atoms with Gasteiger partial charge in [-0.05, 0) is 28.5 Å². The Kier molecular flexibility index (Phi) is 3.02. The molecule has 1 N–H and O–H groups in total. The molecule has 1 aliphatic heterocycles. The normalized spacial score (nSPS) is 24.9. The van der Waals surface area contributed by atoms with Crippen molar-refractivity contribution in [2.75, 3.05) is 13.2 Å². The van der Waals surface area contributed by atoms with Gasteiger partial charge in [0.25, 0.3) is 0 Å². The van der Waals surface area contributed by atoms with E-state index in [0.29, 0.717) is 13.2 Å². The minimum Gasteiger partial charge on any atom is -0.490 e. The number of rotatable bonds is 2. The van der Waals surface area contributed by atoms with Crippen molar-refractivity contribution in [3.05, 3.63) is 23.8 Å². The molecule has 0 spiro atoms. The van der Waals surface area contributed by atoms with Gasteiger partial charge < -0.3 is 14.6 Å². The van der Waals surface area contributed by atoms with E-state index in [4.69, 9.17) is 9.47 Å². The van der Waals surface area contributed by atoms with E-state index in [-0.39, 0.29) is 16.7 Å². The largest absolute Gasteiger partial charge is 0.490 e. The number of ether oxygens (including phenoxy) is 2. The van der Waals surface area contributed by atoms with Crippen LogP contribution in [0, 0.1) is 16.7 Å². The van der Waals surface area contributed by atoms with Crippen molar-refractivity contribution in [2.24, 2.45) is 16.7 Å². The molecule has 3 rings (SSSR count). The number of benzene rings is 1. The average Bonchev–Trinajstić information content (AvgIpc) is 2.91. The lowest BCUT2D eigenvalue weighted by Gasteiger charge is -2.15. The molecule has 1 fully saturated rings. The summed E-state index contributed by atoms with van der Waals surface area (Å²) in [6, 6.07) is 5.82. The number of hydrogen-bond acceptors (Lipinski definition) is 3. The molecule has 1 atom stereocenters. The maximum Gasteiger partial charge on any atom is 0.161 e. The molecular weight excluding hydrogens is 252 g/mol. The Balaban J connectivity index is 1.87. The molecule has 1 aliphatic carbocycles. The molecule has 1 aromatic carbocycles. The summed E-state index contributed by atoms with van der Waals surface area (Å²) in [4.78, 5) is 0. The van der Waals surface area contributed by atoms with Crippen LogP contribution in [0.15, 0.2) is 18.2 Å². The zero-order valence-corrected chi connectivity index (χ0v) is 12.8. The molecule has 1 unspecified atom stereocenters. The van der Waals surface area contributed by atoms with Crippen LogP contribution in [0.25, 0.3) is 0 Å². The van der Waals surface area contributed by atoms with Gasteiger partial charge in [0.1, 0.15) is 0 Å². The van der Waals surface area contributed by atoms with E-state index in [9.17, 15) is 5.11 Å². The summed E-state index contributed by atoms with van der Waals surface area (Å²) in [5, 5.41) is 10.7. The number of aliphatic hydroxyl groups excluding tert-OH is 1. The summed E-state index contributed by atoms with van der Waals surface area (Å²) >= 11 is 0. The van der Waals surface area contributed by atoms with E-state index in [2.05, 4.69) is 27.7 Å². The Morgan fingerprint density at radius 1 is 1.05 bits per heavy atom. The van der Waals surface area contributed by atoms with Crippen molar-refractivity contribution in [1.29, 1.82) is 0 Å². The van der Waals surface area contributed by atoms with Crippen LogP contribution in [0.5, 0.6) is 11.5 Å². The van der Waals surface area contributed by atoms with Crippen LogP contribution < -0.4 is 9.47 Å². The molecule has 0 aromatic heterocycles. The van der Waals surface area contributed by atoms with Gasteiger partial charge in [0, 0.05) is 12.3 Å². The van der Waals surface area contributed by atoms with E-state index in [1.165, 1.54) is 0 Å². The Morgan fingerprint density at radius 2 is 1.65 bits per heavy atom. The highest BCUT2D eigenvalue weighted by molar-refractivity contribution is 5.44. The smallest absolute Gasteiger partial charge is 0.161 e. The molecular formula is C17H24O3. The van der Waals surface area contributed by atoms with E-state index in [0.717, 1.165) is 23.5 Å². The third-order valence-corrected chi connectivity index (χ3v) is 5.56. The van der Waals surface area contributed by atoms with E-state index in [1.54, 1.807) is 0 Å². The molecule has 0 bridgehead atoms. The van der Waals surface area contributed by atoms with Gasteiger partial charge in [-0.2, -0.15) is 0 Å². The average molecular weight is 276 g/mol. The second-order valence-corrected chi connectivity index (χ2v) is 7.12. The first-order valence-corrected chi connectivity index (χ1v) is 7.43. The second-order valence-electron chi connectivity index (χ2n) is 7.12. The van der Waals surface area contributed by atoms with E-state index < -0.39 is 6.10 Å². The Bertz CT molecular complexity index is 505. The minimum absolute atomic E-state index is 0.163. The highest BCUT2D eigenvalue weighted by Gasteiger charge is 2.67. The molecule has 1 saturated carbocycles. The summed E-state index contributed by atoms with van der Waals surface area (Å²) in [5.74, 6) is 1.82. The Labute approximate surface area is 120 Å². The standard InChI is InChI=1S/C17H24O3/c1-16(2)15(17(16,3)4)14(18)11-6-7-12-13(10-11)20-9-5-8-19-12/h6-7,10,14-15,18H,5,8-9H2,1-4H3. The van der Waals surface area contributed by atoms with Crippen LogP contribution in [-0.2, 0) is 0 Å². The fourth-order valence-corrected chi connectivity index (χ4v) is 3.59. The fourth-order valence-electron chi connectivity index (χ4n) is 3.59. The van der Waals surface area contributed by atoms with Crippen LogP contribution in [0.4, 0.5) is 0 Å². The maximum atomic E-state index is 10.7. The van der Waals surface area contributed by atoms with Gasteiger partial charge in [-0.25, -0.2) is 0 Å². The highest BCUT2D eigenvalue weighted by Crippen LogP contribution is 2.72. The van der Waals surface area contributed by atoms with Crippen LogP contribution in [-0.4, -0.2) is 18.3 Å². The fraction of sp³-hybridized carbons (Fsp3) is 0.647. The summed E-state index contributed by atoms with van der Waals surface area (Å²) in [5.41, 5.74) is 1.26. The van der Waals surface area contributed by atoms with Gasteiger partial charge >= 0.3 is 0 Å². The molecule has 110 valence electrons. The van der Waals surface area contributed by atoms with Crippen molar-refractivity contribution in [3.8, 4) is 11.5 Å². The van der Waals surface area contributed by atoms with E-state index >= 15 is 0 Å². The first-order valence-electron chi connectivity index (χ1n) is 7.43. The van der Waals surface area contributed by atoms with Crippen LogP contribution in [0.2, 0.25) is 0 Å². The molecule has 0 radical (unpaired) electrons. The zero-order chi connectivity index (χ0) is 14.5. The quantitative estimate of drug-likeness (QED) is 0.897. The number of fused-ring (bicyclic) bond motifs is 1. The lowest BCUT2D eigenvalue weighted by Crippen LogP contribution is -2.06. The summed E-state index contributed by atoms with van der Waals surface area (Å²) in [6.07, 6.45) is 0.451. The first kappa shape index (κ1) is 13.7. The molecule has 2 aliphatic rings. The van der Waals surface area contributed by atoms with Gasteiger partial charge in [0.15, 0.2) is 11.5 Å². The van der Waals surface area contributed by atoms with Gasteiger partial charge in [0.2, 0.25) is 0 Å². The molecule has 1 aromatic rings.